The first-order chi connectivity index (χ1) is 11.2. The van der Waals surface area contributed by atoms with Crippen molar-refractivity contribution in [2.24, 2.45) is 5.73 Å². The van der Waals surface area contributed by atoms with E-state index in [4.69, 9.17) is 10.7 Å². The van der Waals surface area contributed by atoms with Crippen LogP contribution >= 0.6 is 0 Å². The van der Waals surface area contributed by atoms with E-state index >= 15 is 0 Å². The van der Waals surface area contributed by atoms with Crippen LogP contribution in [0.25, 0.3) is 21.8 Å². The van der Waals surface area contributed by atoms with Gasteiger partial charge in [-0.15, -0.1) is 0 Å². The molecule has 120 valence electrons. The summed E-state index contributed by atoms with van der Waals surface area (Å²) in [6, 6.07) is 17.4. The van der Waals surface area contributed by atoms with Gasteiger partial charge >= 0.3 is 0 Å². The Morgan fingerprint density at radius 3 is 2.04 bits per heavy atom. The predicted octanol–water partition coefficient (Wildman–Crippen LogP) is 4.17. The summed E-state index contributed by atoms with van der Waals surface area (Å²) < 4.78 is 0. The zero-order chi connectivity index (χ0) is 16.2. The minimum atomic E-state index is 0.218. The van der Waals surface area contributed by atoms with Crippen LogP contribution in [0.4, 0.5) is 0 Å². The quantitative estimate of drug-likeness (QED) is 0.672. The van der Waals surface area contributed by atoms with E-state index in [-0.39, 0.29) is 6.04 Å². The molecule has 2 aromatic carbocycles. The third-order valence-electron chi connectivity index (χ3n) is 4.34. The van der Waals surface area contributed by atoms with Crippen molar-refractivity contribution in [1.82, 2.24) is 10.3 Å². The molecule has 0 radical (unpaired) electrons. The van der Waals surface area contributed by atoms with Gasteiger partial charge in [0.25, 0.3) is 0 Å². The second-order valence-corrected chi connectivity index (χ2v) is 6.22. The highest BCUT2D eigenvalue weighted by Crippen LogP contribution is 2.33. The zero-order valence-corrected chi connectivity index (χ0v) is 13.9. The molecule has 0 bridgehead atoms. The highest BCUT2D eigenvalue weighted by Gasteiger charge is 2.18. The van der Waals surface area contributed by atoms with Gasteiger partial charge in [0.05, 0.1) is 11.0 Å². The monoisotopic (exact) mass is 307 g/mol. The molecule has 2 atom stereocenters. The molecule has 3 nitrogen and oxygen atoms in total. The van der Waals surface area contributed by atoms with Gasteiger partial charge in [0.1, 0.15) is 0 Å². The van der Waals surface area contributed by atoms with E-state index in [0.29, 0.717) is 6.04 Å². The number of nitrogens with two attached hydrogens (primary N) is 1. The number of nitrogens with one attached hydrogen (secondary N) is 1. The number of hydrogen-bond donors (Lipinski definition) is 2. The fourth-order valence-corrected chi connectivity index (χ4v) is 3.27. The van der Waals surface area contributed by atoms with Crippen molar-refractivity contribution in [2.75, 3.05) is 6.54 Å². The minimum Gasteiger partial charge on any atom is -0.328 e. The Balaban J connectivity index is 2.21. The van der Waals surface area contributed by atoms with Crippen molar-refractivity contribution in [1.29, 1.82) is 0 Å². The molecule has 1 heterocycles. The van der Waals surface area contributed by atoms with Crippen LogP contribution < -0.4 is 11.1 Å². The molecule has 23 heavy (non-hydrogen) atoms. The van der Waals surface area contributed by atoms with Crippen LogP contribution in [0, 0.1) is 0 Å². The van der Waals surface area contributed by atoms with E-state index in [1.165, 1.54) is 16.3 Å². The molecule has 0 amide bonds. The Kier molecular flexibility index (Phi) is 4.89. The van der Waals surface area contributed by atoms with E-state index in [0.717, 1.165) is 30.4 Å². The summed E-state index contributed by atoms with van der Waals surface area (Å²) in [6.07, 6.45) is 2.03. The fourth-order valence-electron chi connectivity index (χ4n) is 3.27. The molecule has 0 saturated carbocycles. The molecule has 0 fully saturated rings. The van der Waals surface area contributed by atoms with E-state index in [9.17, 15) is 0 Å². The van der Waals surface area contributed by atoms with Gasteiger partial charge in [-0.1, -0.05) is 43.3 Å². The van der Waals surface area contributed by atoms with Gasteiger partial charge in [-0.2, -0.15) is 0 Å². The predicted molar refractivity (Wildman–Crippen MR) is 98.6 cm³/mol. The third-order valence-corrected chi connectivity index (χ3v) is 4.34. The Hall–Kier alpha value is -1.97. The minimum absolute atomic E-state index is 0.218. The molecule has 3 aromatic rings. The number of aromatic nitrogens is 1. The number of fused-ring (bicyclic) bond motifs is 2. The molecule has 1 aromatic heterocycles. The van der Waals surface area contributed by atoms with Crippen molar-refractivity contribution < 1.29 is 0 Å². The first kappa shape index (κ1) is 15.9. The summed E-state index contributed by atoms with van der Waals surface area (Å²) in [5.41, 5.74) is 9.48. The first-order valence-electron chi connectivity index (χ1n) is 8.47. The van der Waals surface area contributed by atoms with E-state index in [1.54, 1.807) is 0 Å². The molecule has 2 unspecified atom stereocenters. The Bertz CT molecular complexity index is 741. The fraction of sp³-hybridized carbons (Fsp3) is 0.350. The molecule has 3 heteroatoms. The number of benzene rings is 2. The van der Waals surface area contributed by atoms with Crippen LogP contribution in [0.5, 0.6) is 0 Å². The Labute approximate surface area is 137 Å². The maximum absolute atomic E-state index is 6.00. The molecule has 0 saturated heterocycles. The average molecular weight is 307 g/mol. The van der Waals surface area contributed by atoms with Gasteiger partial charge < -0.3 is 11.1 Å². The summed E-state index contributed by atoms with van der Waals surface area (Å²) in [5, 5.41) is 6.13. The molecule has 0 aliphatic heterocycles. The smallest absolute Gasteiger partial charge is 0.0713 e. The molecular weight excluding hydrogens is 282 g/mol. The normalized spacial score (nSPS) is 14.2. The van der Waals surface area contributed by atoms with Gasteiger partial charge in [0, 0.05) is 22.9 Å². The summed E-state index contributed by atoms with van der Waals surface area (Å²) >= 11 is 0. The average Bonchev–Trinajstić information content (AvgIpc) is 2.56. The number of hydrogen-bond acceptors (Lipinski definition) is 3. The van der Waals surface area contributed by atoms with Crippen molar-refractivity contribution >= 4 is 21.8 Å². The lowest BCUT2D eigenvalue weighted by Gasteiger charge is -2.23. The number of para-hydroxylation sites is 2. The van der Waals surface area contributed by atoms with Gasteiger partial charge in [-0.25, -0.2) is 4.98 Å². The number of rotatable bonds is 6. The largest absolute Gasteiger partial charge is 0.328 e. The Morgan fingerprint density at radius 2 is 1.52 bits per heavy atom. The SMILES string of the molecule is CCNC(CCC(C)N)c1c2ccccc2nc2ccccc12. The summed E-state index contributed by atoms with van der Waals surface area (Å²) in [4.78, 5) is 4.82. The van der Waals surface area contributed by atoms with Crippen LogP contribution in [-0.4, -0.2) is 17.6 Å². The second-order valence-electron chi connectivity index (χ2n) is 6.22. The van der Waals surface area contributed by atoms with Crippen LogP contribution in [0.2, 0.25) is 0 Å². The first-order valence-corrected chi connectivity index (χ1v) is 8.47. The van der Waals surface area contributed by atoms with Gasteiger partial charge in [0.15, 0.2) is 0 Å². The molecular formula is C20H25N3. The molecule has 0 aliphatic rings. The van der Waals surface area contributed by atoms with Gasteiger partial charge in [-0.3, -0.25) is 0 Å². The van der Waals surface area contributed by atoms with Crippen LogP contribution in [0.3, 0.4) is 0 Å². The van der Waals surface area contributed by atoms with Crippen LogP contribution in [0.15, 0.2) is 48.5 Å². The molecule has 3 N–H and O–H groups in total. The topological polar surface area (TPSA) is 50.9 Å². The summed E-state index contributed by atoms with van der Waals surface area (Å²) in [5.74, 6) is 0. The zero-order valence-electron chi connectivity index (χ0n) is 13.9. The van der Waals surface area contributed by atoms with E-state index in [1.807, 2.05) is 0 Å². The molecule has 0 aliphatic carbocycles. The summed E-state index contributed by atoms with van der Waals surface area (Å²) in [7, 11) is 0. The highest BCUT2D eigenvalue weighted by atomic mass is 14.9. The maximum atomic E-state index is 6.00. The number of pyridine rings is 1. The van der Waals surface area contributed by atoms with Crippen LogP contribution in [0.1, 0.15) is 38.3 Å². The van der Waals surface area contributed by atoms with E-state index in [2.05, 4.69) is 67.7 Å². The maximum Gasteiger partial charge on any atom is 0.0713 e. The lowest BCUT2D eigenvalue weighted by molar-refractivity contribution is 0.479. The van der Waals surface area contributed by atoms with Gasteiger partial charge in [0.2, 0.25) is 0 Å². The number of nitrogens with zero attached hydrogens (tertiary/aromatic N) is 1. The lowest BCUT2D eigenvalue weighted by Crippen LogP contribution is -2.24. The highest BCUT2D eigenvalue weighted by molar-refractivity contribution is 5.97. The standard InChI is InChI=1S/C20H25N3/c1-3-22-19(13-12-14(2)21)20-15-8-4-6-10-17(15)23-18-11-7-5-9-16(18)20/h4-11,14,19,22H,3,12-13,21H2,1-2H3. The molecule has 3 rings (SSSR count). The van der Waals surface area contributed by atoms with Gasteiger partial charge in [-0.05, 0) is 44.0 Å². The van der Waals surface area contributed by atoms with Crippen molar-refractivity contribution in [3.05, 3.63) is 54.1 Å². The molecule has 0 spiro atoms. The third kappa shape index (κ3) is 3.36. The van der Waals surface area contributed by atoms with Crippen molar-refractivity contribution in [2.45, 2.75) is 38.8 Å². The van der Waals surface area contributed by atoms with E-state index < -0.39 is 0 Å². The van der Waals surface area contributed by atoms with Crippen molar-refractivity contribution in [3.63, 3.8) is 0 Å². The van der Waals surface area contributed by atoms with Crippen LogP contribution in [-0.2, 0) is 0 Å². The summed E-state index contributed by atoms with van der Waals surface area (Å²) in [6.45, 7) is 5.17. The lowest BCUT2D eigenvalue weighted by atomic mass is 9.92. The second kappa shape index (κ2) is 7.07. The Morgan fingerprint density at radius 1 is 0.957 bits per heavy atom. The van der Waals surface area contributed by atoms with Crippen molar-refractivity contribution in [3.8, 4) is 0 Å².